The summed E-state index contributed by atoms with van der Waals surface area (Å²) < 4.78 is 45.5. The highest BCUT2D eigenvalue weighted by Gasteiger charge is 2.34. The van der Waals surface area contributed by atoms with Crippen LogP contribution in [-0.2, 0) is 11.0 Å². The zero-order valence-corrected chi connectivity index (χ0v) is 16.0. The predicted octanol–water partition coefficient (Wildman–Crippen LogP) is 5.68. The number of amides is 2. The van der Waals surface area contributed by atoms with E-state index < -0.39 is 23.6 Å². The molecule has 1 atom stereocenters. The van der Waals surface area contributed by atoms with E-state index in [0.717, 1.165) is 17.7 Å². The minimum Gasteiger partial charge on any atom is -0.459 e. The van der Waals surface area contributed by atoms with Crippen LogP contribution >= 0.6 is 0 Å². The van der Waals surface area contributed by atoms with E-state index >= 15 is 0 Å². The summed E-state index contributed by atoms with van der Waals surface area (Å²) >= 11 is 0. The van der Waals surface area contributed by atoms with Gasteiger partial charge in [-0.15, -0.1) is 0 Å². The number of rotatable bonds is 6. The number of carbonyl (C=O) groups is 2. The van der Waals surface area contributed by atoms with E-state index in [1.807, 2.05) is 37.3 Å². The van der Waals surface area contributed by atoms with Crippen molar-refractivity contribution in [3.8, 4) is 0 Å². The molecular formula is C22H19F3N2O3. The molecule has 3 aromatic rings. The first-order valence-electron chi connectivity index (χ1n) is 9.15. The van der Waals surface area contributed by atoms with Crippen molar-refractivity contribution >= 4 is 23.2 Å². The van der Waals surface area contributed by atoms with Crippen LogP contribution in [-0.4, -0.2) is 11.8 Å². The van der Waals surface area contributed by atoms with Gasteiger partial charge in [0.2, 0.25) is 5.91 Å². The molecule has 0 radical (unpaired) electrons. The highest BCUT2D eigenvalue weighted by atomic mass is 19.4. The first kappa shape index (κ1) is 21.2. The molecule has 2 N–H and O–H groups in total. The summed E-state index contributed by atoms with van der Waals surface area (Å²) in [4.78, 5) is 24.3. The molecule has 2 amide bonds. The molecule has 0 saturated carbocycles. The molecule has 0 aliphatic carbocycles. The molecule has 0 fully saturated rings. The maximum atomic E-state index is 13.5. The molecule has 0 aliphatic rings. The fourth-order valence-corrected chi connectivity index (χ4v) is 2.94. The van der Waals surface area contributed by atoms with Crippen molar-refractivity contribution in [2.45, 2.75) is 25.4 Å². The fourth-order valence-electron chi connectivity index (χ4n) is 2.94. The van der Waals surface area contributed by atoms with Gasteiger partial charge in [-0.2, -0.15) is 13.2 Å². The van der Waals surface area contributed by atoms with E-state index in [1.165, 1.54) is 24.5 Å². The Morgan fingerprint density at radius 3 is 2.37 bits per heavy atom. The molecule has 5 nitrogen and oxygen atoms in total. The molecule has 1 heterocycles. The van der Waals surface area contributed by atoms with Crippen LogP contribution in [0, 0.1) is 0 Å². The van der Waals surface area contributed by atoms with Crippen molar-refractivity contribution < 1.29 is 27.2 Å². The molecule has 156 valence electrons. The van der Waals surface area contributed by atoms with Crippen molar-refractivity contribution in [1.29, 1.82) is 0 Å². The standard InChI is InChI=1S/C22H19F3N2O3/c1-14(15-6-3-2-4-7-15)12-20(28)27-18-10-9-16(13-17(18)22(23,24)25)26-21(29)19-8-5-11-30-19/h2-11,13-14H,12H2,1H3,(H,26,29)(H,27,28). The van der Waals surface area contributed by atoms with Crippen LogP contribution in [0.15, 0.2) is 71.3 Å². The average molecular weight is 416 g/mol. The lowest BCUT2D eigenvalue weighted by molar-refractivity contribution is -0.136. The summed E-state index contributed by atoms with van der Waals surface area (Å²) in [5, 5.41) is 4.68. The molecule has 0 saturated heterocycles. The quantitative estimate of drug-likeness (QED) is 0.543. The Labute approximate surface area is 170 Å². The molecule has 0 aliphatic heterocycles. The fraction of sp³-hybridized carbons (Fsp3) is 0.182. The summed E-state index contributed by atoms with van der Waals surface area (Å²) in [6, 6.07) is 15.3. The van der Waals surface area contributed by atoms with E-state index in [1.54, 1.807) is 0 Å². The number of carbonyl (C=O) groups excluding carboxylic acids is 2. The van der Waals surface area contributed by atoms with Crippen LogP contribution in [0.4, 0.5) is 24.5 Å². The summed E-state index contributed by atoms with van der Waals surface area (Å²) in [7, 11) is 0. The summed E-state index contributed by atoms with van der Waals surface area (Å²) in [6.07, 6.45) is -3.41. The van der Waals surface area contributed by atoms with Crippen LogP contribution in [0.2, 0.25) is 0 Å². The van der Waals surface area contributed by atoms with Gasteiger partial charge in [0, 0.05) is 12.1 Å². The lowest BCUT2D eigenvalue weighted by Crippen LogP contribution is -2.19. The van der Waals surface area contributed by atoms with Gasteiger partial charge in [-0.3, -0.25) is 9.59 Å². The van der Waals surface area contributed by atoms with E-state index in [0.29, 0.717) is 0 Å². The topological polar surface area (TPSA) is 71.3 Å². The monoisotopic (exact) mass is 416 g/mol. The second-order valence-electron chi connectivity index (χ2n) is 6.75. The smallest absolute Gasteiger partial charge is 0.418 e. The van der Waals surface area contributed by atoms with Crippen molar-refractivity contribution in [2.75, 3.05) is 10.6 Å². The number of nitrogens with one attached hydrogen (secondary N) is 2. The Morgan fingerprint density at radius 1 is 1.00 bits per heavy atom. The Bertz CT molecular complexity index is 1020. The van der Waals surface area contributed by atoms with Gasteiger partial charge >= 0.3 is 6.18 Å². The minimum absolute atomic E-state index is 0.0261. The van der Waals surface area contributed by atoms with Gasteiger partial charge < -0.3 is 15.1 Å². The molecule has 8 heteroatoms. The lowest BCUT2D eigenvalue weighted by atomic mass is 9.97. The van der Waals surface area contributed by atoms with Gasteiger partial charge in [0.05, 0.1) is 17.5 Å². The Balaban J connectivity index is 1.75. The van der Waals surface area contributed by atoms with E-state index in [-0.39, 0.29) is 29.5 Å². The number of furan rings is 1. The Morgan fingerprint density at radius 2 is 1.73 bits per heavy atom. The largest absolute Gasteiger partial charge is 0.459 e. The lowest BCUT2D eigenvalue weighted by Gasteiger charge is -2.17. The Hall–Kier alpha value is -3.55. The normalized spacial score (nSPS) is 12.3. The van der Waals surface area contributed by atoms with E-state index in [4.69, 9.17) is 4.42 Å². The van der Waals surface area contributed by atoms with Crippen LogP contribution in [0.3, 0.4) is 0 Å². The first-order valence-corrected chi connectivity index (χ1v) is 9.15. The van der Waals surface area contributed by atoms with Crippen molar-refractivity contribution in [3.05, 3.63) is 83.8 Å². The SMILES string of the molecule is CC(CC(=O)Nc1ccc(NC(=O)c2ccco2)cc1C(F)(F)F)c1ccccc1. The summed E-state index contributed by atoms with van der Waals surface area (Å²) in [5.74, 6) is -1.41. The van der Waals surface area contributed by atoms with Gasteiger partial charge in [-0.25, -0.2) is 0 Å². The van der Waals surface area contributed by atoms with Gasteiger partial charge in [0.15, 0.2) is 5.76 Å². The maximum absolute atomic E-state index is 13.5. The maximum Gasteiger partial charge on any atom is 0.418 e. The number of alkyl halides is 3. The molecule has 1 unspecified atom stereocenters. The predicted molar refractivity (Wildman–Crippen MR) is 106 cm³/mol. The number of hydrogen-bond donors (Lipinski definition) is 2. The Kier molecular flexibility index (Phi) is 6.25. The summed E-state index contributed by atoms with van der Waals surface area (Å²) in [5.41, 5.74) is -0.580. The van der Waals surface area contributed by atoms with E-state index in [2.05, 4.69) is 10.6 Å². The highest BCUT2D eigenvalue weighted by Crippen LogP contribution is 2.37. The second-order valence-corrected chi connectivity index (χ2v) is 6.75. The number of anilines is 2. The summed E-state index contributed by atoms with van der Waals surface area (Å²) in [6.45, 7) is 1.83. The third-order valence-electron chi connectivity index (χ3n) is 4.46. The average Bonchev–Trinajstić information content (AvgIpc) is 3.24. The van der Waals surface area contributed by atoms with Gasteiger partial charge in [0.25, 0.3) is 5.91 Å². The van der Waals surface area contributed by atoms with Crippen LogP contribution in [0.1, 0.15) is 40.9 Å². The number of benzene rings is 2. The van der Waals surface area contributed by atoms with Gasteiger partial charge in [0.1, 0.15) is 0 Å². The third-order valence-corrected chi connectivity index (χ3v) is 4.46. The molecular weight excluding hydrogens is 397 g/mol. The second kappa shape index (κ2) is 8.86. The minimum atomic E-state index is -4.72. The van der Waals surface area contributed by atoms with Gasteiger partial charge in [-0.1, -0.05) is 37.3 Å². The van der Waals surface area contributed by atoms with Crippen molar-refractivity contribution in [2.24, 2.45) is 0 Å². The molecule has 0 spiro atoms. The van der Waals surface area contributed by atoms with Crippen LogP contribution in [0.25, 0.3) is 0 Å². The number of hydrogen-bond acceptors (Lipinski definition) is 3. The van der Waals surface area contributed by atoms with Crippen LogP contribution < -0.4 is 10.6 Å². The molecule has 30 heavy (non-hydrogen) atoms. The third kappa shape index (κ3) is 5.28. The zero-order chi connectivity index (χ0) is 21.7. The molecule has 1 aromatic heterocycles. The van der Waals surface area contributed by atoms with Gasteiger partial charge in [-0.05, 0) is 41.8 Å². The highest BCUT2D eigenvalue weighted by molar-refractivity contribution is 6.02. The van der Waals surface area contributed by atoms with Crippen molar-refractivity contribution in [3.63, 3.8) is 0 Å². The van der Waals surface area contributed by atoms with E-state index in [9.17, 15) is 22.8 Å². The zero-order valence-electron chi connectivity index (χ0n) is 16.0. The molecule has 2 aromatic carbocycles. The number of halogens is 3. The van der Waals surface area contributed by atoms with Crippen LogP contribution in [0.5, 0.6) is 0 Å². The first-order chi connectivity index (χ1) is 14.2. The van der Waals surface area contributed by atoms with Crippen molar-refractivity contribution in [1.82, 2.24) is 0 Å². The molecule has 0 bridgehead atoms. The molecule has 3 rings (SSSR count).